The Morgan fingerprint density at radius 3 is 2.39 bits per heavy atom. The van der Waals surface area contributed by atoms with Crippen LogP contribution in [0, 0.1) is 0 Å². The first-order valence-corrected chi connectivity index (χ1v) is 11.1. The summed E-state index contributed by atoms with van der Waals surface area (Å²) in [6.07, 6.45) is -0.683. The quantitative estimate of drug-likeness (QED) is 0.420. The van der Waals surface area contributed by atoms with Gasteiger partial charge in [-0.1, -0.05) is 30.3 Å². The van der Waals surface area contributed by atoms with Crippen molar-refractivity contribution in [3.05, 3.63) is 64.7 Å². The first-order chi connectivity index (χ1) is 14.6. The van der Waals surface area contributed by atoms with Crippen molar-refractivity contribution in [2.45, 2.75) is 24.6 Å². The van der Waals surface area contributed by atoms with Crippen molar-refractivity contribution in [3.8, 4) is 11.1 Å². The zero-order chi connectivity index (χ0) is 22.8. The lowest BCUT2D eigenvalue weighted by molar-refractivity contribution is -0.128. The van der Waals surface area contributed by atoms with Gasteiger partial charge < -0.3 is 0 Å². The molecule has 11 heteroatoms. The van der Waals surface area contributed by atoms with E-state index in [0.29, 0.717) is 16.6 Å². The van der Waals surface area contributed by atoms with Crippen LogP contribution in [0.15, 0.2) is 53.6 Å². The van der Waals surface area contributed by atoms with Gasteiger partial charge in [-0.2, -0.15) is 0 Å². The van der Waals surface area contributed by atoms with Crippen molar-refractivity contribution in [1.29, 1.82) is 0 Å². The second-order valence-corrected chi connectivity index (χ2v) is 9.21. The lowest BCUT2D eigenvalue weighted by Crippen LogP contribution is -2.39. The molecule has 164 valence electrons. The molecular formula is C20H19F2N3O5S. The van der Waals surface area contributed by atoms with Gasteiger partial charge in [0.25, 0.3) is 17.9 Å². The number of alkyl halides is 2. The van der Waals surface area contributed by atoms with Crippen molar-refractivity contribution in [2.75, 3.05) is 6.26 Å². The van der Waals surface area contributed by atoms with E-state index < -0.39 is 33.0 Å². The Bertz CT molecular complexity index is 1270. The zero-order valence-electron chi connectivity index (χ0n) is 16.3. The van der Waals surface area contributed by atoms with Crippen LogP contribution in [-0.4, -0.2) is 40.6 Å². The van der Waals surface area contributed by atoms with Gasteiger partial charge >= 0.3 is 0 Å². The van der Waals surface area contributed by atoms with Crippen molar-refractivity contribution < 1.29 is 27.2 Å². The Morgan fingerprint density at radius 1 is 1.16 bits per heavy atom. The van der Waals surface area contributed by atoms with Gasteiger partial charge in [-0.15, -0.1) is 0 Å². The number of hydrogen-bond donors (Lipinski definition) is 2. The maximum absolute atomic E-state index is 12.7. The molecule has 0 aliphatic rings. The Morgan fingerprint density at radius 2 is 1.81 bits per heavy atom. The van der Waals surface area contributed by atoms with E-state index >= 15 is 0 Å². The first-order valence-electron chi connectivity index (χ1n) is 9.12. The van der Waals surface area contributed by atoms with Gasteiger partial charge in [-0.25, -0.2) is 27.7 Å². The number of sulfone groups is 1. The van der Waals surface area contributed by atoms with Crippen LogP contribution >= 0.6 is 0 Å². The number of hydroxylamine groups is 1. The Hall–Kier alpha value is -3.18. The minimum atomic E-state index is -3.80. The molecule has 0 bridgehead atoms. The second-order valence-electron chi connectivity index (χ2n) is 6.98. The van der Waals surface area contributed by atoms with Gasteiger partial charge in [-0.3, -0.25) is 19.4 Å². The van der Waals surface area contributed by atoms with Crippen molar-refractivity contribution in [3.63, 3.8) is 0 Å². The van der Waals surface area contributed by atoms with E-state index in [1.54, 1.807) is 30.3 Å². The fraction of sp³-hybridized carbons (Fsp3) is 0.250. The summed E-state index contributed by atoms with van der Waals surface area (Å²) < 4.78 is 50.1. The van der Waals surface area contributed by atoms with Gasteiger partial charge in [0, 0.05) is 18.4 Å². The molecule has 3 aromatic rings. The number of aryl methyl sites for hydroxylation is 1. The minimum Gasteiger partial charge on any atom is -0.299 e. The summed E-state index contributed by atoms with van der Waals surface area (Å²) in [7, 11) is -3.80. The number of fused-ring (bicyclic) bond motifs is 1. The molecule has 0 aliphatic heterocycles. The lowest BCUT2D eigenvalue weighted by atomic mass is 10.0. The fourth-order valence-corrected chi connectivity index (χ4v) is 4.16. The number of nitrogens with zero attached hydrogens (tertiary/aromatic N) is 2. The summed E-state index contributed by atoms with van der Waals surface area (Å²) in [5.41, 5.74) is 2.55. The average molecular weight is 451 g/mol. The smallest absolute Gasteiger partial charge is 0.263 e. The third-order valence-corrected chi connectivity index (χ3v) is 6.36. The predicted octanol–water partition coefficient (Wildman–Crippen LogP) is 2.31. The summed E-state index contributed by atoms with van der Waals surface area (Å²) in [5, 5.41) is 7.50. The highest BCUT2D eigenvalue weighted by Gasteiger charge is 2.28. The Labute approximate surface area is 176 Å². The molecule has 0 aliphatic carbocycles. The first kappa shape index (κ1) is 22.5. The maximum atomic E-state index is 12.7. The molecule has 2 N–H and O–H groups in total. The average Bonchev–Trinajstić information content (AvgIpc) is 2.74. The molecule has 0 saturated heterocycles. The molecule has 0 spiro atoms. The third kappa shape index (κ3) is 4.94. The molecule has 0 radical (unpaired) electrons. The summed E-state index contributed by atoms with van der Waals surface area (Å²) in [5.74, 6) is -1.08. The van der Waals surface area contributed by atoms with Crippen LogP contribution in [0.1, 0.15) is 18.4 Å². The standard InChI is InChI=1S/C20H19F2N3O5S/c1-31(29,30)17(19(26)24-28)8-9-25-11-23-16-10-14(6-7-15(16)20(25)27)12-2-4-13(5-3-12)18(21)22/h2-7,10-11,17-18,28H,8-9H2,1H3,(H,24,26). The predicted molar refractivity (Wildman–Crippen MR) is 110 cm³/mol. The maximum Gasteiger partial charge on any atom is 0.263 e. The van der Waals surface area contributed by atoms with E-state index in [1.807, 2.05) is 0 Å². The molecule has 8 nitrogen and oxygen atoms in total. The van der Waals surface area contributed by atoms with Gasteiger partial charge in [-0.05, 0) is 29.7 Å². The largest absolute Gasteiger partial charge is 0.299 e. The lowest BCUT2D eigenvalue weighted by Gasteiger charge is -2.14. The van der Waals surface area contributed by atoms with Crippen molar-refractivity contribution in [2.24, 2.45) is 0 Å². The highest BCUT2D eigenvalue weighted by molar-refractivity contribution is 7.92. The number of halogens is 2. The summed E-state index contributed by atoms with van der Waals surface area (Å²) in [6, 6.07) is 10.6. The Balaban J connectivity index is 1.88. The highest BCUT2D eigenvalue weighted by atomic mass is 32.2. The topological polar surface area (TPSA) is 118 Å². The molecule has 2 aromatic carbocycles. The summed E-state index contributed by atoms with van der Waals surface area (Å²) in [6.45, 7) is -0.107. The molecule has 0 saturated carbocycles. The van der Waals surface area contributed by atoms with Crippen molar-refractivity contribution >= 4 is 26.6 Å². The van der Waals surface area contributed by atoms with Crippen LogP contribution in [0.25, 0.3) is 22.0 Å². The molecule has 0 fully saturated rings. The molecule has 1 amide bonds. The number of rotatable bonds is 7. The van der Waals surface area contributed by atoms with Crippen LogP contribution in [0.5, 0.6) is 0 Å². The second kappa shape index (κ2) is 8.90. The van der Waals surface area contributed by atoms with Crippen LogP contribution in [0.2, 0.25) is 0 Å². The van der Waals surface area contributed by atoms with Gasteiger partial charge in [0.15, 0.2) is 9.84 Å². The number of aromatic nitrogens is 2. The molecule has 1 aromatic heterocycles. The van der Waals surface area contributed by atoms with Crippen molar-refractivity contribution in [1.82, 2.24) is 15.0 Å². The van der Waals surface area contributed by atoms with E-state index in [4.69, 9.17) is 5.21 Å². The molecule has 1 unspecified atom stereocenters. The number of amides is 1. The number of nitrogens with one attached hydrogen (secondary N) is 1. The molecule has 31 heavy (non-hydrogen) atoms. The zero-order valence-corrected chi connectivity index (χ0v) is 17.1. The third-order valence-electron chi connectivity index (χ3n) is 4.87. The summed E-state index contributed by atoms with van der Waals surface area (Å²) >= 11 is 0. The van der Waals surface area contributed by atoms with Gasteiger partial charge in [0.05, 0.1) is 17.2 Å². The van der Waals surface area contributed by atoms with E-state index in [2.05, 4.69) is 4.98 Å². The Kier molecular flexibility index (Phi) is 6.46. The number of benzene rings is 2. The summed E-state index contributed by atoms with van der Waals surface area (Å²) in [4.78, 5) is 28.6. The van der Waals surface area contributed by atoms with Crippen LogP contribution in [0.4, 0.5) is 8.78 Å². The normalized spacial score (nSPS) is 12.8. The number of hydrogen-bond acceptors (Lipinski definition) is 6. The van der Waals surface area contributed by atoms with E-state index in [0.717, 1.165) is 6.26 Å². The molecular weight excluding hydrogens is 432 g/mol. The van der Waals surface area contributed by atoms with Gasteiger partial charge in [0.1, 0.15) is 5.25 Å². The highest BCUT2D eigenvalue weighted by Crippen LogP contribution is 2.25. The van der Waals surface area contributed by atoms with E-state index in [-0.39, 0.29) is 23.9 Å². The molecule has 1 atom stereocenters. The van der Waals surface area contributed by atoms with Crippen LogP contribution in [0.3, 0.4) is 0 Å². The van der Waals surface area contributed by atoms with Gasteiger partial charge in [0.2, 0.25) is 0 Å². The number of carbonyl (C=O) groups is 1. The SMILES string of the molecule is CS(=O)(=O)C(CCn1cnc2cc(-c3ccc(C(F)F)cc3)ccc2c1=O)C(=O)NO. The van der Waals surface area contributed by atoms with E-state index in [1.165, 1.54) is 28.5 Å². The minimum absolute atomic E-state index is 0.0900. The van der Waals surface area contributed by atoms with Crippen LogP contribution < -0.4 is 11.0 Å². The monoisotopic (exact) mass is 451 g/mol. The molecule has 1 heterocycles. The fourth-order valence-electron chi connectivity index (χ4n) is 3.19. The van der Waals surface area contributed by atoms with Crippen LogP contribution in [-0.2, 0) is 21.2 Å². The van der Waals surface area contributed by atoms with E-state index in [9.17, 15) is 26.8 Å². The number of carbonyl (C=O) groups excluding carboxylic acids is 1. The molecule has 3 rings (SSSR count).